The Hall–Kier alpha value is -2.91. The Morgan fingerprint density at radius 2 is 1.38 bits per heavy atom. The predicted octanol–water partition coefficient (Wildman–Crippen LogP) is 3.65. The number of carbonyl (C=O) groups excluding carboxylic acids is 5. The van der Waals surface area contributed by atoms with Gasteiger partial charge in [-0.15, -0.1) is 0 Å². The van der Waals surface area contributed by atoms with E-state index in [-0.39, 0.29) is 6.42 Å². The summed E-state index contributed by atoms with van der Waals surface area (Å²) in [5.74, 6) is -5.00. The monoisotopic (exact) mass is 484 g/mol. The van der Waals surface area contributed by atoms with E-state index in [0.717, 1.165) is 40.0 Å². The van der Waals surface area contributed by atoms with Crippen molar-refractivity contribution >= 4 is 29.8 Å². The second kappa shape index (κ2) is 15.8. The lowest BCUT2D eigenvalue weighted by Crippen LogP contribution is -2.38. The van der Waals surface area contributed by atoms with E-state index in [1.165, 1.54) is 32.1 Å². The van der Waals surface area contributed by atoms with Gasteiger partial charge in [-0.25, -0.2) is 4.79 Å². The van der Waals surface area contributed by atoms with Gasteiger partial charge in [-0.3, -0.25) is 19.2 Å². The van der Waals surface area contributed by atoms with Crippen molar-refractivity contribution in [2.45, 2.75) is 104 Å². The molecule has 1 heterocycles. The second-order valence-electron chi connectivity index (χ2n) is 8.12. The smallest absolute Gasteiger partial charge is 0.379 e. The number of rotatable bonds is 16. The molecule has 0 unspecified atom stereocenters. The molecule has 0 radical (unpaired) electrons. The summed E-state index contributed by atoms with van der Waals surface area (Å²) in [6.07, 6.45) is 7.41. The van der Waals surface area contributed by atoms with E-state index in [2.05, 4.69) is 6.92 Å². The third kappa shape index (κ3) is 11.3. The lowest BCUT2D eigenvalue weighted by molar-refractivity contribution is -0.171. The number of hydrogen-bond donors (Lipinski definition) is 0. The summed E-state index contributed by atoms with van der Waals surface area (Å²) in [7, 11) is 0. The van der Waals surface area contributed by atoms with Crippen molar-refractivity contribution in [3.63, 3.8) is 0 Å². The lowest BCUT2D eigenvalue weighted by atomic mass is 10.1. The van der Waals surface area contributed by atoms with Crippen LogP contribution in [-0.2, 0) is 47.7 Å². The fraction of sp³-hybridized carbons (Fsp3) is 0.708. The van der Waals surface area contributed by atoms with Gasteiger partial charge in [0.05, 0.1) is 0 Å². The van der Waals surface area contributed by atoms with Crippen LogP contribution in [0.2, 0.25) is 0 Å². The molecule has 192 valence electrons. The number of cyclic esters (lactones) is 1. The highest BCUT2D eigenvalue weighted by atomic mass is 16.7. The Morgan fingerprint density at radius 1 is 0.824 bits per heavy atom. The van der Waals surface area contributed by atoms with Crippen LogP contribution in [0.15, 0.2) is 11.5 Å². The van der Waals surface area contributed by atoms with E-state index in [9.17, 15) is 24.0 Å². The van der Waals surface area contributed by atoms with Gasteiger partial charge >= 0.3 is 29.8 Å². The molecule has 0 bridgehead atoms. The SMILES string of the molecule is CCCCCCCCCCCC(=O)OC[C@H](OC(C)=O)[C@H]1OC(=O)C(OC(C)=O)=C1OC(C)=O. The maximum Gasteiger partial charge on any atom is 0.379 e. The normalized spacial score (nSPS) is 16.0. The molecule has 0 amide bonds. The first-order chi connectivity index (χ1) is 16.1. The highest BCUT2D eigenvalue weighted by molar-refractivity contribution is 5.93. The average Bonchev–Trinajstić information content (AvgIpc) is 3.03. The zero-order valence-electron chi connectivity index (χ0n) is 20.5. The van der Waals surface area contributed by atoms with Gasteiger partial charge in [0.1, 0.15) is 6.61 Å². The third-order valence-electron chi connectivity index (χ3n) is 4.95. The van der Waals surface area contributed by atoms with E-state index in [1.54, 1.807) is 0 Å². The minimum atomic E-state index is -1.42. The largest absolute Gasteiger partial charge is 0.462 e. The number of carbonyl (C=O) groups is 5. The summed E-state index contributed by atoms with van der Waals surface area (Å²) in [4.78, 5) is 58.7. The van der Waals surface area contributed by atoms with Crippen LogP contribution in [0.1, 0.15) is 91.9 Å². The molecule has 0 aliphatic carbocycles. The summed E-state index contributed by atoms with van der Waals surface area (Å²) in [6.45, 7) is 4.99. The molecule has 2 atom stereocenters. The van der Waals surface area contributed by atoms with Crippen LogP contribution in [0.3, 0.4) is 0 Å². The van der Waals surface area contributed by atoms with Crippen LogP contribution in [0, 0.1) is 0 Å². The van der Waals surface area contributed by atoms with Crippen molar-refractivity contribution in [1.29, 1.82) is 0 Å². The first-order valence-corrected chi connectivity index (χ1v) is 11.8. The summed E-state index contributed by atoms with van der Waals surface area (Å²) in [6, 6.07) is 0. The average molecular weight is 485 g/mol. The predicted molar refractivity (Wildman–Crippen MR) is 119 cm³/mol. The van der Waals surface area contributed by atoms with Crippen molar-refractivity contribution in [1.82, 2.24) is 0 Å². The molecule has 1 rings (SSSR count). The maximum atomic E-state index is 12.2. The Labute approximate surface area is 200 Å². The molecule has 0 N–H and O–H groups in total. The van der Waals surface area contributed by atoms with Gasteiger partial charge in [0.2, 0.25) is 11.9 Å². The molecule has 1 aliphatic heterocycles. The Kier molecular flexibility index (Phi) is 13.6. The van der Waals surface area contributed by atoms with Gasteiger partial charge in [-0.05, 0) is 6.42 Å². The molecule has 1 aliphatic rings. The summed E-state index contributed by atoms with van der Waals surface area (Å²) in [5, 5.41) is 0. The van der Waals surface area contributed by atoms with Crippen LogP contribution in [0.4, 0.5) is 0 Å². The van der Waals surface area contributed by atoms with E-state index in [1.807, 2.05) is 0 Å². The van der Waals surface area contributed by atoms with Gasteiger partial charge in [0.25, 0.3) is 5.76 Å². The summed E-state index contributed by atoms with van der Waals surface area (Å²) >= 11 is 0. The zero-order chi connectivity index (χ0) is 25.5. The first kappa shape index (κ1) is 29.1. The fourth-order valence-corrected chi connectivity index (χ4v) is 3.42. The van der Waals surface area contributed by atoms with Crippen molar-refractivity contribution in [2.24, 2.45) is 0 Å². The number of esters is 5. The van der Waals surface area contributed by atoms with Gasteiger partial charge in [0, 0.05) is 27.2 Å². The van der Waals surface area contributed by atoms with E-state index >= 15 is 0 Å². The van der Waals surface area contributed by atoms with Gasteiger partial charge in [-0.2, -0.15) is 0 Å². The lowest BCUT2D eigenvalue weighted by Gasteiger charge is -2.23. The molecule has 0 aromatic rings. The topological polar surface area (TPSA) is 132 Å². The van der Waals surface area contributed by atoms with Gasteiger partial charge < -0.3 is 23.7 Å². The zero-order valence-corrected chi connectivity index (χ0v) is 20.5. The molecular formula is C24H36O10. The third-order valence-corrected chi connectivity index (χ3v) is 4.95. The van der Waals surface area contributed by atoms with Crippen molar-refractivity contribution in [2.75, 3.05) is 6.61 Å². The van der Waals surface area contributed by atoms with E-state index < -0.39 is 60.2 Å². The number of hydrogen-bond acceptors (Lipinski definition) is 10. The molecule has 10 nitrogen and oxygen atoms in total. The van der Waals surface area contributed by atoms with Crippen molar-refractivity contribution in [3.05, 3.63) is 11.5 Å². The Morgan fingerprint density at radius 3 is 1.91 bits per heavy atom. The fourth-order valence-electron chi connectivity index (χ4n) is 3.42. The van der Waals surface area contributed by atoms with Crippen molar-refractivity contribution < 1.29 is 47.7 Å². The molecule has 34 heavy (non-hydrogen) atoms. The van der Waals surface area contributed by atoms with E-state index in [0.29, 0.717) is 6.42 Å². The molecule has 10 heteroatoms. The second-order valence-corrected chi connectivity index (χ2v) is 8.12. The minimum absolute atomic E-state index is 0.193. The molecule has 0 aromatic heterocycles. The van der Waals surface area contributed by atoms with Crippen LogP contribution < -0.4 is 0 Å². The quantitative estimate of drug-likeness (QED) is 0.182. The van der Waals surface area contributed by atoms with Gasteiger partial charge in [-0.1, -0.05) is 58.3 Å². The molecule has 0 fully saturated rings. The molecular weight excluding hydrogens is 448 g/mol. The summed E-state index contributed by atoms with van der Waals surface area (Å²) < 4.78 is 25.3. The van der Waals surface area contributed by atoms with Crippen molar-refractivity contribution in [3.8, 4) is 0 Å². The van der Waals surface area contributed by atoms with Crippen LogP contribution in [0.25, 0.3) is 0 Å². The van der Waals surface area contributed by atoms with Crippen LogP contribution >= 0.6 is 0 Å². The van der Waals surface area contributed by atoms with Crippen LogP contribution in [0.5, 0.6) is 0 Å². The highest BCUT2D eigenvalue weighted by Crippen LogP contribution is 2.29. The number of ether oxygens (including phenoxy) is 5. The van der Waals surface area contributed by atoms with Gasteiger partial charge in [0.15, 0.2) is 6.10 Å². The highest BCUT2D eigenvalue weighted by Gasteiger charge is 2.46. The molecule has 0 spiro atoms. The first-order valence-electron chi connectivity index (χ1n) is 11.8. The molecule has 0 aromatic carbocycles. The molecule has 0 saturated carbocycles. The standard InChI is InChI=1S/C24H36O10/c1-5-6-7-8-9-10-11-12-13-14-20(28)30-15-19(31-16(2)25)21-22(32-17(3)26)23(24(29)34-21)33-18(4)27/h19,21H,5-15H2,1-4H3/t19-,21+/m0/s1. The minimum Gasteiger partial charge on any atom is -0.462 e. The van der Waals surface area contributed by atoms with Crippen LogP contribution in [-0.4, -0.2) is 48.7 Å². The number of unbranched alkanes of at least 4 members (excludes halogenated alkanes) is 8. The Bertz CT molecular complexity index is 755. The molecule has 0 saturated heterocycles. The summed E-state index contributed by atoms with van der Waals surface area (Å²) in [5.41, 5.74) is 0. The maximum absolute atomic E-state index is 12.2. The van der Waals surface area contributed by atoms with E-state index in [4.69, 9.17) is 23.7 Å². The Balaban J connectivity index is 2.62.